The molecule has 9 nitrogen and oxygen atoms in total. The fourth-order valence-electron chi connectivity index (χ4n) is 4.05. The number of pyridine rings is 2. The molecule has 0 unspecified atom stereocenters. The van der Waals surface area contributed by atoms with Crippen LogP contribution in [0.15, 0.2) is 65.8 Å². The molecular weight excluding hydrogens is 490 g/mol. The topological polar surface area (TPSA) is 120 Å². The van der Waals surface area contributed by atoms with Crippen molar-refractivity contribution >= 4 is 15.7 Å². The van der Waals surface area contributed by atoms with Gasteiger partial charge in [-0.3, -0.25) is 14.3 Å². The molecule has 1 amide bonds. The zero-order valence-electron chi connectivity index (χ0n) is 19.0. The number of nitrogens with zero attached hydrogens (tertiary/aromatic N) is 5. The molecule has 1 aliphatic carbocycles. The van der Waals surface area contributed by atoms with Gasteiger partial charge < -0.3 is 5.32 Å². The number of sulfone groups is 1. The number of carbonyl (C=O) groups excluding carboxylic acids is 1. The van der Waals surface area contributed by atoms with Gasteiger partial charge >= 0.3 is 0 Å². The van der Waals surface area contributed by atoms with Gasteiger partial charge in [0.1, 0.15) is 28.8 Å². The molecule has 0 saturated heterocycles. The number of halogens is 2. The Kier molecular flexibility index (Phi) is 6.04. The van der Waals surface area contributed by atoms with Gasteiger partial charge in [-0.2, -0.15) is 0 Å². The summed E-state index contributed by atoms with van der Waals surface area (Å²) in [6.45, 7) is 0. The average Bonchev–Trinajstić information content (AvgIpc) is 3.25. The van der Waals surface area contributed by atoms with Crippen LogP contribution in [0.4, 0.5) is 8.78 Å². The molecule has 1 saturated carbocycles. The standard InChI is InChI=1S/C24H20F2N6O3S/c1-36(34,35)17-7-9-19(28-13-17)23-31-30-22(32(23)21-5-3-2-4-18(21)26)14-10-16(11-14)29-24(33)20-8-6-15(25)12-27-20/h2-9,12-14,16H,10-11H2,1H3,(H,29,33). The van der Waals surface area contributed by atoms with Crippen LogP contribution in [0.5, 0.6) is 0 Å². The molecule has 0 atom stereocenters. The monoisotopic (exact) mass is 510 g/mol. The predicted molar refractivity (Wildman–Crippen MR) is 125 cm³/mol. The highest BCUT2D eigenvalue weighted by atomic mass is 32.2. The Morgan fingerprint density at radius 3 is 2.42 bits per heavy atom. The number of hydrogen-bond acceptors (Lipinski definition) is 7. The molecular formula is C24H20F2N6O3S. The Morgan fingerprint density at radius 2 is 1.78 bits per heavy atom. The molecule has 0 radical (unpaired) electrons. The van der Waals surface area contributed by atoms with E-state index in [1.54, 1.807) is 22.8 Å². The van der Waals surface area contributed by atoms with Gasteiger partial charge in [0.2, 0.25) is 0 Å². The third-order valence-electron chi connectivity index (χ3n) is 5.97. The molecule has 36 heavy (non-hydrogen) atoms. The lowest BCUT2D eigenvalue weighted by atomic mass is 9.79. The Balaban J connectivity index is 1.42. The number of amides is 1. The lowest BCUT2D eigenvalue weighted by Gasteiger charge is -2.35. The summed E-state index contributed by atoms with van der Waals surface area (Å²) in [5, 5.41) is 11.4. The minimum Gasteiger partial charge on any atom is -0.348 e. The maximum Gasteiger partial charge on any atom is 0.270 e. The SMILES string of the molecule is CS(=O)(=O)c1ccc(-c2nnc(C3CC(NC(=O)c4ccc(F)cn4)C3)n2-c2ccccc2F)nc1. The first kappa shape index (κ1) is 23.7. The van der Waals surface area contributed by atoms with Crippen LogP contribution in [0.1, 0.15) is 35.1 Å². The summed E-state index contributed by atoms with van der Waals surface area (Å²) in [5.74, 6) is -0.803. The first-order valence-electron chi connectivity index (χ1n) is 11.0. The van der Waals surface area contributed by atoms with Crippen molar-refractivity contribution in [3.8, 4) is 17.2 Å². The van der Waals surface area contributed by atoms with Gasteiger partial charge in [-0.25, -0.2) is 22.2 Å². The van der Waals surface area contributed by atoms with Crippen molar-refractivity contribution < 1.29 is 22.0 Å². The minimum absolute atomic E-state index is 0.0525. The smallest absolute Gasteiger partial charge is 0.270 e. The Labute approximate surface area is 205 Å². The summed E-state index contributed by atoms with van der Waals surface area (Å²) in [7, 11) is -3.44. The van der Waals surface area contributed by atoms with E-state index < -0.39 is 27.4 Å². The zero-order chi connectivity index (χ0) is 25.4. The van der Waals surface area contributed by atoms with Gasteiger partial charge in [-0.05, 0) is 49.2 Å². The van der Waals surface area contributed by atoms with Gasteiger partial charge in [0.05, 0.1) is 16.8 Å². The number of para-hydroxylation sites is 1. The first-order valence-corrected chi connectivity index (χ1v) is 12.9. The summed E-state index contributed by atoms with van der Waals surface area (Å²) in [6.07, 6.45) is 4.35. The normalized spacial score (nSPS) is 17.4. The van der Waals surface area contributed by atoms with Gasteiger partial charge in [0.25, 0.3) is 5.91 Å². The number of benzene rings is 1. The highest BCUT2D eigenvalue weighted by Gasteiger charge is 2.36. The van der Waals surface area contributed by atoms with E-state index in [-0.39, 0.29) is 34.1 Å². The third kappa shape index (κ3) is 4.59. The van der Waals surface area contributed by atoms with Crippen molar-refractivity contribution in [1.82, 2.24) is 30.0 Å². The van der Waals surface area contributed by atoms with Crippen LogP contribution < -0.4 is 5.32 Å². The molecule has 12 heteroatoms. The van der Waals surface area contributed by atoms with E-state index in [4.69, 9.17) is 0 Å². The van der Waals surface area contributed by atoms with Crippen LogP contribution in [0.3, 0.4) is 0 Å². The van der Waals surface area contributed by atoms with Crippen molar-refractivity contribution in [2.45, 2.75) is 29.7 Å². The number of hydrogen-bond donors (Lipinski definition) is 1. The van der Waals surface area contributed by atoms with Crippen LogP contribution in [0, 0.1) is 11.6 Å². The van der Waals surface area contributed by atoms with Gasteiger partial charge in [-0.1, -0.05) is 12.1 Å². The van der Waals surface area contributed by atoms with Gasteiger partial charge in [0.15, 0.2) is 15.7 Å². The predicted octanol–water partition coefficient (Wildman–Crippen LogP) is 3.08. The van der Waals surface area contributed by atoms with Crippen LogP contribution in [-0.4, -0.2) is 51.4 Å². The molecule has 3 heterocycles. The highest BCUT2D eigenvalue weighted by Crippen LogP contribution is 2.39. The van der Waals surface area contributed by atoms with Crippen LogP contribution in [0.2, 0.25) is 0 Å². The maximum absolute atomic E-state index is 14.8. The summed E-state index contributed by atoms with van der Waals surface area (Å²) in [4.78, 5) is 20.5. The molecule has 4 aromatic rings. The van der Waals surface area contributed by atoms with Crippen LogP contribution in [-0.2, 0) is 9.84 Å². The van der Waals surface area contributed by atoms with Crippen LogP contribution in [0.25, 0.3) is 17.2 Å². The lowest BCUT2D eigenvalue weighted by Crippen LogP contribution is -2.44. The molecule has 0 spiro atoms. The molecule has 184 valence electrons. The Morgan fingerprint density at radius 1 is 1.00 bits per heavy atom. The number of carbonyl (C=O) groups is 1. The number of aromatic nitrogens is 5. The van der Waals surface area contributed by atoms with Crippen LogP contribution >= 0.6 is 0 Å². The second-order valence-corrected chi connectivity index (χ2v) is 10.5. The summed E-state index contributed by atoms with van der Waals surface area (Å²) in [5.41, 5.74) is 0.667. The molecule has 1 aromatic carbocycles. The van der Waals surface area contributed by atoms with Crippen molar-refractivity contribution in [2.75, 3.05) is 6.26 Å². The van der Waals surface area contributed by atoms with E-state index in [1.807, 2.05) is 0 Å². The third-order valence-corrected chi connectivity index (χ3v) is 7.07. The molecule has 1 N–H and O–H groups in total. The quantitative estimate of drug-likeness (QED) is 0.423. The Bertz CT molecular complexity index is 1530. The highest BCUT2D eigenvalue weighted by molar-refractivity contribution is 7.90. The molecule has 1 fully saturated rings. The van der Waals surface area contributed by atoms with E-state index in [0.29, 0.717) is 24.4 Å². The molecule has 5 rings (SSSR count). The number of nitrogens with one attached hydrogen (secondary N) is 1. The zero-order valence-corrected chi connectivity index (χ0v) is 19.8. The van der Waals surface area contributed by atoms with E-state index in [1.165, 1.54) is 36.5 Å². The minimum atomic E-state index is -3.44. The average molecular weight is 511 g/mol. The Hall–Kier alpha value is -4.06. The van der Waals surface area contributed by atoms with E-state index >= 15 is 0 Å². The first-order chi connectivity index (χ1) is 17.2. The molecule has 0 bridgehead atoms. The van der Waals surface area contributed by atoms with E-state index in [9.17, 15) is 22.0 Å². The molecule has 0 aliphatic heterocycles. The fraction of sp³-hybridized carbons (Fsp3) is 0.208. The largest absolute Gasteiger partial charge is 0.348 e. The summed E-state index contributed by atoms with van der Waals surface area (Å²) < 4.78 is 53.1. The fourth-order valence-corrected chi connectivity index (χ4v) is 4.60. The van der Waals surface area contributed by atoms with Gasteiger partial charge in [-0.15, -0.1) is 10.2 Å². The second-order valence-electron chi connectivity index (χ2n) is 8.52. The molecule has 1 aliphatic rings. The second kappa shape index (κ2) is 9.19. The van der Waals surface area contributed by atoms with Crippen molar-refractivity contribution in [3.05, 3.63) is 84.1 Å². The molecule has 3 aromatic heterocycles. The lowest BCUT2D eigenvalue weighted by molar-refractivity contribution is 0.0902. The maximum atomic E-state index is 14.8. The van der Waals surface area contributed by atoms with E-state index in [0.717, 1.165) is 12.5 Å². The number of rotatable bonds is 6. The summed E-state index contributed by atoms with van der Waals surface area (Å²) >= 11 is 0. The summed E-state index contributed by atoms with van der Waals surface area (Å²) in [6, 6.07) is 11.4. The van der Waals surface area contributed by atoms with E-state index in [2.05, 4.69) is 25.5 Å². The van der Waals surface area contributed by atoms with Crippen molar-refractivity contribution in [2.24, 2.45) is 0 Å². The van der Waals surface area contributed by atoms with Gasteiger partial charge in [0, 0.05) is 24.4 Å². The van der Waals surface area contributed by atoms with Crippen molar-refractivity contribution in [3.63, 3.8) is 0 Å². The van der Waals surface area contributed by atoms with Crippen molar-refractivity contribution in [1.29, 1.82) is 0 Å².